The minimum Gasteiger partial charge on any atom is -0.380 e. The minimum atomic E-state index is 0.850. The lowest BCUT2D eigenvalue weighted by atomic mass is 9.94. The number of fused-ring (bicyclic) bond motifs is 1. The highest BCUT2D eigenvalue weighted by Crippen LogP contribution is 2.35. The number of thioether (sulfide) groups is 1. The van der Waals surface area contributed by atoms with E-state index >= 15 is 0 Å². The number of rotatable bonds is 0. The van der Waals surface area contributed by atoms with Crippen LogP contribution in [0, 0.1) is 5.92 Å². The second-order valence-corrected chi connectivity index (χ2v) is 4.52. The summed E-state index contributed by atoms with van der Waals surface area (Å²) in [7, 11) is 0. The molecule has 2 rings (SSSR count). The lowest BCUT2D eigenvalue weighted by molar-refractivity contribution is 0.0677. The molecule has 0 aromatic heterocycles. The van der Waals surface area contributed by atoms with Gasteiger partial charge in [0.25, 0.3) is 0 Å². The normalized spacial score (nSPS) is 40.8. The summed E-state index contributed by atoms with van der Waals surface area (Å²) in [6.45, 7) is 2.04. The van der Waals surface area contributed by atoms with Gasteiger partial charge in [-0.15, -0.1) is 0 Å². The van der Waals surface area contributed by atoms with E-state index in [9.17, 15) is 0 Å². The SMILES string of the molecule is C1CSC2COCCC2C1. The molecule has 2 aliphatic heterocycles. The highest BCUT2D eigenvalue weighted by molar-refractivity contribution is 8.00. The van der Waals surface area contributed by atoms with Gasteiger partial charge in [-0.25, -0.2) is 0 Å². The fraction of sp³-hybridized carbons (Fsp3) is 1.00. The van der Waals surface area contributed by atoms with Crippen molar-refractivity contribution in [1.29, 1.82) is 0 Å². The molecule has 2 atom stereocenters. The lowest BCUT2D eigenvalue weighted by Crippen LogP contribution is -2.32. The predicted octanol–water partition coefficient (Wildman–Crippen LogP) is 1.92. The molecule has 1 nitrogen and oxygen atoms in total. The summed E-state index contributed by atoms with van der Waals surface area (Å²) in [5.74, 6) is 2.36. The highest BCUT2D eigenvalue weighted by atomic mass is 32.2. The van der Waals surface area contributed by atoms with E-state index in [0.717, 1.165) is 24.4 Å². The molecule has 0 amide bonds. The van der Waals surface area contributed by atoms with Crippen molar-refractivity contribution in [3.63, 3.8) is 0 Å². The van der Waals surface area contributed by atoms with Gasteiger partial charge in [0, 0.05) is 11.9 Å². The van der Waals surface area contributed by atoms with Gasteiger partial charge < -0.3 is 4.74 Å². The van der Waals surface area contributed by atoms with Crippen LogP contribution in [0.15, 0.2) is 0 Å². The second-order valence-electron chi connectivity index (χ2n) is 3.18. The zero-order valence-electron chi connectivity index (χ0n) is 6.21. The molecule has 2 saturated heterocycles. The van der Waals surface area contributed by atoms with E-state index in [0.29, 0.717) is 0 Å². The van der Waals surface area contributed by atoms with Crippen molar-refractivity contribution in [3.8, 4) is 0 Å². The molecule has 2 heterocycles. The van der Waals surface area contributed by atoms with Crippen molar-refractivity contribution in [2.75, 3.05) is 19.0 Å². The van der Waals surface area contributed by atoms with Crippen LogP contribution in [0.4, 0.5) is 0 Å². The molecule has 2 unspecified atom stereocenters. The standard InChI is InChI=1S/C8H14OS/c1-2-7-3-4-9-6-8(7)10-5-1/h7-8H,1-6H2. The van der Waals surface area contributed by atoms with Gasteiger partial charge in [0.05, 0.1) is 6.61 Å². The van der Waals surface area contributed by atoms with Crippen LogP contribution in [0.25, 0.3) is 0 Å². The Morgan fingerprint density at radius 1 is 1.30 bits per heavy atom. The highest BCUT2D eigenvalue weighted by Gasteiger charge is 2.28. The van der Waals surface area contributed by atoms with Crippen LogP contribution in [0.5, 0.6) is 0 Å². The van der Waals surface area contributed by atoms with Crippen molar-refractivity contribution in [2.45, 2.75) is 24.5 Å². The van der Waals surface area contributed by atoms with Crippen LogP contribution in [-0.2, 0) is 4.74 Å². The summed E-state index contributed by atoms with van der Waals surface area (Å²) in [5, 5.41) is 0.850. The third-order valence-electron chi connectivity index (χ3n) is 2.49. The van der Waals surface area contributed by atoms with E-state index in [1.165, 1.54) is 25.0 Å². The number of hydrogen-bond donors (Lipinski definition) is 0. The second kappa shape index (κ2) is 3.14. The van der Waals surface area contributed by atoms with Gasteiger partial charge in [0.1, 0.15) is 0 Å². The molecule has 0 aromatic carbocycles. The molecule has 2 heteroatoms. The third-order valence-corrected chi connectivity index (χ3v) is 3.97. The first-order valence-corrected chi connectivity index (χ1v) is 5.21. The molecule has 0 bridgehead atoms. The smallest absolute Gasteiger partial charge is 0.0587 e. The first-order chi connectivity index (χ1) is 4.97. The Kier molecular flexibility index (Phi) is 2.19. The maximum absolute atomic E-state index is 5.42. The van der Waals surface area contributed by atoms with Crippen molar-refractivity contribution < 1.29 is 4.74 Å². The number of hydrogen-bond acceptors (Lipinski definition) is 2. The average molecular weight is 158 g/mol. The molecule has 2 aliphatic rings. The topological polar surface area (TPSA) is 9.23 Å². The van der Waals surface area contributed by atoms with Gasteiger partial charge in [0.2, 0.25) is 0 Å². The summed E-state index contributed by atoms with van der Waals surface area (Å²) in [5.41, 5.74) is 0. The molecule has 10 heavy (non-hydrogen) atoms. The zero-order chi connectivity index (χ0) is 6.81. The van der Waals surface area contributed by atoms with Crippen LogP contribution in [0.1, 0.15) is 19.3 Å². The van der Waals surface area contributed by atoms with E-state index in [1.807, 2.05) is 0 Å². The summed E-state index contributed by atoms with van der Waals surface area (Å²) in [4.78, 5) is 0. The summed E-state index contributed by atoms with van der Waals surface area (Å²) in [6, 6.07) is 0. The average Bonchev–Trinajstić information content (AvgIpc) is 2.05. The quantitative estimate of drug-likeness (QED) is 0.532. The Morgan fingerprint density at radius 3 is 3.20 bits per heavy atom. The molecule has 0 saturated carbocycles. The molecular formula is C8H14OS. The Hall–Kier alpha value is 0.310. The van der Waals surface area contributed by atoms with Crippen molar-refractivity contribution >= 4 is 11.8 Å². The summed E-state index contributed by atoms with van der Waals surface area (Å²) in [6.07, 6.45) is 4.21. The predicted molar refractivity (Wildman–Crippen MR) is 44.4 cm³/mol. The fourth-order valence-corrected chi connectivity index (χ4v) is 3.22. The maximum atomic E-state index is 5.42. The van der Waals surface area contributed by atoms with Crippen LogP contribution < -0.4 is 0 Å². The Morgan fingerprint density at radius 2 is 2.30 bits per heavy atom. The summed E-state index contributed by atoms with van der Waals surface area (Å²) >= 11 is 2.12. The third kappa shape index (κ3) is 1.32. The van der Waals surface area contributed by atoms with Gasteiger partial charge in [0.15, 0.2) is 0 Å². The van der Waals surface area contributed by atoms with Crippen LogP contribution in [0.3, 0.4) is 0 Å². The Bertz CT molecular complexity index is 89.8. The first-order valence-electron chi connectivity index (χ1n) is 4.16. The molecule has 58 valence electrons. The minimum absolute atomic E-state index is 0.850. The van der Waals surface area contributed by atoms with Gasteiger partial charge in [-0.1, -0.05) is 0 Å². The largest absolute Gasteiger partial charge is 0.380 e. The van der Waals surface area contributed by atoms with Crippen molar-refractivity contribution in [1.82, 2.24) is 0 Å². The maximum Gasteiger partial charge on any atom is 0.0587 e. The van der Waals surface area contributed by atoms with Crippen LogP contribution in [-0.4, -0.2) is 24.2 Å². The van der Waals surface area contributed by atoms with Gasteiger partial charge >= 0.3 is 0 Å². The zero-order valence-corrected chi connectivity index (χ0v) is 7.03. The van der Waals surface area contributed by atoms with Gasteiger partial charge in [-0.2, -0.15) is 11.8 Å². The molecule has 0 aromatic rings. The van der Waals surface area contributed by atoms with Crippen molar-refractivity contribution in [2.24, 2.45) is 5.92 Å². The van der Waals surface area contributed by atoms with E-state index in [-0.39, 0.29) is 0 Å². The van der Waals surface area contributed by atoms with Crippen LogP contribution in [0.2, 0.25) is 0 Å². The van der Waals surface area contributed by atoms with Crippen molar-refractivity contribution in [3.05, 3.63) is 0 Å². The Balaban J connectivity index is 1.93. The van der Waals surface area contributed by atoms with E-state index in [4.69, 9.17) is 4.74 Å². The lowest BCUT2D eigenvalue weighted by Gasteiger charge is -2.34. The van der Waals surface area contributed by atoms with Gasteiger partial charge in [-0.05, 0) is 30.9 Å². The molecule has 2 fully saturated rings. The van der Waals surface area contributed by atoms with Gasteiger partial charge in [-0.3, -0.25) is 0 Å². The first kappa shape index (κ1) is 6.99. The van der Waals surface area contributed by atoms with E-state index in [2.05, 4.69) is 11.8 Å². The summed E-state index contributed by atoms with van der Waals surface area (Å²) < 4.78 is 5.42. The fourth-order valence-electron chi connectivity index (χ4n) is 1.85. The molecule has 0 N–H and O–H groups in total. The Labute approximate surface area is 66.5 Å². The van der Waals surface area contributed by atoms with E-state index in [1.54, 1.807) is 0 Å². The monoisotopic (exact) mass is 158 g/mol. The molecular weight excluding hydrogens is 144 g/mol. The van der Waals surface area contributed by atoms with Crippen LogP contribution >= 0.6 is 11.8 Å². The van der Waals surface area contributed by atoms with E-state index < -0.39 is 0 Å². The molecule has 0 radical (unpaired) electrons. The molecule has 0 aliphatic carbocycles. The molecule has 0 spiro atoms. The number of ether oxygens (including phenoxy) is 1.